The molecule has 0 unspecified atom stereocenters. The van der Waals surface area contributed by atoms with E-state index in [1.165, 1.54) is 6.92 Å². The molecule has 0 N–H and O–H groups in total. The van der Waals surface area contributed by atoms with E-state index in [9.17, 15) is 4.79 Å². The van der Waals surface area contributed by atoms with Gasteiger partial charge in [0, 0.05) is 18.8 Å². The summed E-state index contributed by atoms with van der Waals surface area (Å²) >= 11 is 0. The summed E-state index contributed by atoms with van der Waals surface area (Å²) in [7, 11) is 0. The van der Waals surface area contributed by atoms with E-state index < -0.39 is 0 Å². The number of nitrogens with zero attached hydrogens (tertiary/aromatic N) is 1. The fraction of sp³-hybridized carbons (Fsp3) is 0.0833. The van der Waals surface area contributed by atoms with Gasteiger partial charge < -0.3 is 0 Å². The van der Waals surface area contributed by atoms with Crippen molar-refractivity contribution in [1.29, 1.82) is 0 Å². The molecule has 2 nitrogen and oxygen atoms in total. The van der Waals surface area contributed by atoms with Crippen LogP contribution in [0.3, 0.4) is 0 Å². The zero-order valence-corrected chi connectivity index (χ0v) is 8.18. The Kier molecular flexibility index (Phi) is 3.68. The first-order chi connectivity index (χ1) is 6.75. The van der Waals surface area contributed by atoms with Gasteiger partial charge >= 0.3 is 0 Å². The summed E-state index contributed by atoms with van der Waals surface area (Å²) in [6.45, 7) is 5.09. The third-order valence-electron chi connectivity index (χ3n) is 1.74. The average molecular weight is 187 g/mol. The Bertz CT molecular complexity index is 341. The minimum Gasteiger partial charge on any atom is -0.288 e. The number of allylic oxidation sites excluding steroid dienone is 2. The molecule has 0 heterocycles. The lowest BCUT2D eigenvalue weighted by Gasteiger charge is -2.15. The first-order valence-electron chi connectivity index (χ1n) is 4.40. The number of amides is 1. The number of para-hydroxylation sites is 1. The van der Waals surface area contributed by atoms with Crippen LogP contribution in [-0.4, -0.2) is 5.91 Å². The Balaban J connectivity index is 2.94. The van der Waals surface area contributed by atoms with Crippen molar-refractivity contribution in [3.63, 3.8) is 0 Å². The van der Waals surface area contributed by atoms with Gasteiger partial charge in [-0.25, -0.2) is 0 Å². The van der Waals surface area contributed by atoms with Gasteiger partial charge in [-0.05, 0) is 18.2 Å². The first-order valence-corrected chi connectivity index (χ1v) is 4.40. The van der Waals surface area contributed by atoms with Gasteiger partial charge in [0.05, 0.1) is 0 Å². The van der Waals surface area contributed by atoms with Crippen LogP contribution in [0.25, 0.3) is 0 Å². The zero-order chi connectivity index (χ0) is 10.4. The minimum absolute atomic E-state index is 0.0192. The smallest absolute Gasteiger partial charge is 0.227 e. The third kappa shape index (κ3) is 2.59. The highest BCUT2D eigenvalue weighted by Gasteiger charge is 2.05. The molecule has 1 rings (SSSR count). The molecule has 0 bridgehead atoms. The second-order valence-corrected chi connectivity index (χ2v) is 2.80. The average Bonchev–Trinajstić information content (AvgIpc) is 2.19. The van der Waals surface area contributed by atoms with Crippen LogP contribution in [0.1, 0.15) is 6.92 Å². The SMILES string of the molecule is C=C/C=C/N(C(C)=O)c1ccccc1. The highest BCUT2D eigenvalue weighted by atomic mass is 16.2. The monoisotopic (exact) mass is 187 g/mol. The van der Waals surface area contributed by atoms with Crippen LogP contribution in [0.2, 0.25) is 0 Å². The van der Waals surface area contributed by atoms with E-state index >= 15 is 0 Å². The van der Waals surface area contributed by atoms with Gasteiger partial charge in [-0.15, -0.1) is 0 Å². The fourth-order valence-corrected chi connectivity index (χ4v) is 1.11. The van der Waals surface area contributed by atoms with E-state index in [4.69, 9.17) is 0 Å². The normalized spacial score (nSPS) is 10.1. The van der Waals surface area contributed by atoms with Crippen molar-refractivity contribution in [3.05, 3.63) is 55.3 Å². The maximum Gasteiger partial charge on any atom is 0.227 e. The fourth-order valence-electron chi connectivity index (χ4n) is 1.11. The van der Waals surface area contributed by atoms with Gasteiger partial charge in [-0.2, -0.15) is 0 Å². The second kappa shape index (κ2) is 5.02. The molecule has 0 saturated carbocycles. The topological polar surface area (TPSA) is 20.3 Å². The number of anilines is 1. The number of benzene rings is 1. The molecule has 0 aromatic heterocycles. The van der Waals surface area contributed by atoms with E-state index in [2.05, 4.69) is 6.58 Å². The lowest BCUT2D eigenvalue weighted by Crippen LogP contribution is -2.21. The summed E-state index contributed by atoms with van der Waals surface area (Å²) in [5.41, 5.74) is 0.859. The van der Waals surface area contributed by atoms with Crippen molar-refractivity contribution >= 4 is 11.6 Å². The summed E-state index contributed by atoms with van der Waals surface area (Å²) < 4.78 is 0. The second-order valence-electron chi connectivity index (χ2n) is 2.80. The quantitative estimate of drug-likeness (QED) is 0.666. The Hall–Kier alpha value is -1.83. The van der Waals surface area contributed by atoms with Crippen molar-refractivity contribution in [2.75, 3.05) is 4.90 Å². The van der Waals surface area contributed by atoms with Crippen LogP contribution in [0.15, 0.2) is 55.3 Å². The molecule has 0 aliphatic heterocycles. The van der Waals surface area contributed by atoms with Crippen LogP contribution < -0.4 is 4.90 Å². The summed E-state index contributed by atoms with van der Waals surface area (Å²) in [6, 6.07) is 9.47. The zero-order valence-electron chi connectivity index (χ0n) is 8.18. The molecule has 0 atom stereocenters. The molecule has 0 saturated heterocycles. The molecule has 0 aliphatic carbocycles. The molecular weight excluding hydrogens is 174 g/mol. The van der Waals surface area contributed by atoms with E-state index in [-0.39, 0.29) is 5.91 Å². The summed E-state index contributed by atoms with van der Waals surface area (Å²) in [5, 5.41) is 0. The molecule has 0 fully saturated rings. The van der Waals surface area contributed by atoms with Crippen molar-refractivity contribution < 1.29 is 4.79 Å². The summed E-state index contributed by atoms with van der Waals surface area (Å²) in [4.78, 5) is 12.9. The van der Waals surface area contributed by atoms with Crippen LogP contribution in [-0.2, 0) is 4.79 Å². The maximum absolute atomic E-state index is 11.3. The number of carbonyl (C=O) groups is 1. The van der Waals surface area contributed by atoms with Crippen molar-refractivity contribution in [3.8, 4) is 0 Å². The molecule has 72 valence electrons. The lowest BCUT2D eigenvalue weighted by atomic mass is 10.3. The Morgan fingerprint density at radius 2 is 2.00 bits per heavy atom. The van der Waals surface area contributed by atoms with Gasteiger partial charge in [-0.3, -0.25) is 9.69 Å². The molecule has 0 aliphatic rings. The van der Waals surface area contributed by atoms with Gasteiger partial charge in [0.25, 0.3) is 0 Å². The highest BCUT2D eigenvalue weighted by molar-refractivity contribution is 5.93. The van der Waals surface area contributed by atoms with Crippen molar-refractivity contribution in [1.82, 2.24) is 0 Å². The number of hydrogen-bond acceptors (Lipinski definition) is 1. The van der Waals surface area contributed by atoms with E-state index in [0.29, 0.717) is 0 Å². The largest absolute Gasteiger partial charge is 0.288 e. The first kappa shape index (κ1) is 10.3. The molecular formula is C12H13NO. The van der Waals surface area contributed by atoms with Gasteiger partial charge in [-0.1, -0.05) is 30.9 Å². The predicted octanol–water partition coefficient (Wildman–Crippen LogP) is 2.74. The van der Waals surface area contributed by atoms with E-state index in [1.807, 2.05) is 30.3 Å². The van der Waals surface area contributed by atoms with Gasteiger partial charge in [0.2, 0.25) is 5.91 Å². The lowest BCUT2D eigenvalue weighted by molar-refractivity contribution is -0.115. The predicted molar refractivity (Wildman–Crippen MR) is 58.9 cm³/mol. The Morgan fingerprint density at radius 3 is 2.50 bits per heavy atom. The van der Waals surface area contributed by atoms with E-state index in [1.54, 1.807) is 23.3 Å². The highest BCUT2D eigenvalue weighted by Crippen LogP contribution is 2.13. The third-order valence-corrected chi connectivity index (χ3v) is 1.74. The molecule has 2 heteroatoms. The minimum atomic E-state index is -0.0192. The van der Waals surface area contributed by atoms with Crippen molar-refractivity contribution in [2.45, 2.75) is 6.92 Å². The van der Waals surface area contributed by atoms with Gasteiger partial charge in [0.15, 0.2) is 0 Å². The van der Waals surface area contributed by atoms with E-state index in [0.717, 1.165) is 5.69 Å². The van der Waals surface area contributed by atoms with Crippen LogP contribution >= 0.6 is 0 Å². The molecule has 14 heavy (non-hydrogen) atoms. The Labute approximate surface area is 84.2 Å². The van der Waals surface area contributed by atoms with Crippen LogP contribution in [0.5, 0.6) is 0 Å². The maximum atomic E-state index is 11.3. The standard InChI is InChI=1S/C12H13NO/c1-3-4-10-13(11(2)14)12-8-6-5-7-9-12/h3-10H,1H2,2H3/b10-4+. The summed E-state index contributed by atoms with van der Waals surface area (Å²) in [5.74, 6) is -0.0192. The molecule has 0 radical (unpaired) electrons. The van der Waals surface area contributed by atoms with Crippen molar-refractivity contribution in [2.24, 2.45) is 0 Å². The molecule has 0 spiro atoms. The summed E-state index contributed by atoms with van der Waals surface area (Å²) in [6.07, 6.45) is 5.07. The molecule has 1 amide bonds. The number of rotatable bonds is 3. The van der Waals surface area contributed by atoms with Gasteiger partial charge in [0.1, 0.15) is 0 Å². The number of carbonyl (C=O) groups excluding carboxylic acids is 1. The molecule has 1 aromatic rings. The number of hydrogen-bond donors (Lipinski definition) is 0. The Morgan fingerprint density at radius 1 is 1.36 bits per heavy atom. The van der Waals surface area contributed by atoms with Crippen LogP contribution in [0.4, 0.5) is 5.69 Å². The van der Waals surface area contributed by atoms with Crippen LogP contribution in [0, 0.1) is 0 Å². The molecule has 1 aromatic carbocycles.